The Morgan fingerprint density at radius 2 is 2.00 bits per heavy atom. The van der Waals surface area contributed by atoms with Gasteiger partial charge in [0, 0.05) is 12.2 Å². The van der Waals surface area contributed by atoms with Crippen molar-refractivity contribution in [1.29, 1.82) is 0 Å². The number of nitrogens with zero attached hydrogens (tertiary/aromatic N) is 1. The first-order chi connectivity index (χ1) is 8.16. The molecule has 1 aliphatic rings. The molecule has 17 heavy (non-hydrogen) atoms. The van der Waals surface area contributed by atoms with Gasteiger partial charge in [0.2, 0.25) is 0 Å². The van der Waals surface area contributed by atoms with Crippen LogP contribution in [0.3, 0.4) is 0 Å². The highest BCUT2D eigenvalue weighted by Crippen LogP contribution is 2.32. The second-order valence-corrected chi connectivity index (χ2v) is 5.71. The molecule has 1 aromatic heterocycles. The molecule has 1 fully saturated rings. The number of aromatic nitrogens is 1. The molecule has 0 spiro atoms. The highest BCUT2D eigenvalue weighted by Gasteiger charge is 2.20. The molecule has 1 atom stereocenters. The predicted molar refractivity (Wildman–Crippen MR) is 72.4 cm³/mol. The number of halogens is 2. The largest absolute Gasteiger partial charge is 0.323 e. The van der Waals surface area contributed by atoms with E-state index in [4.69, 9.17) is 28.9 Å². The van der Waals surface area contributed by atoms with Crippen molar-refractivity contribution >= 4 is 23.2 Å². The first-order valence-electron chi connectivity index (χ1n) is 6.23. The van der Waals surface area contributed by atoms with Gasteiger partial charge in [-0.2, -0.15) is 0 Å². The average Bonchev–Trinajstić information content (AvgIpc) is 2.30. The van der Waals surface area contributed by atoms with E-state index in [1.807, 2.05) is 0 Å². The van der Waals surface area contributed by atoms with Gasteiger partial charge in [-0.15, -0.1) is 0 Å². The fourth-order valence-electron chi connectivity index (χ4n) is 2.59. The van der Waals surface area contributed by atoms with Crippen molar-refractivity contribution in [2.75, 3.05) is 0 Å². The van der Waals surface area contributed by atoms with Crippen LogP contribution in [0.25, 0.3) is 0 Å². The summed E-state index contributed by atoms with van der Waals surface area (Å²) in [5.41, 5.74) is 6.97. The molecule has 0 bridgehead atoms. The Balaban J connectivity index is 2.00. The molecule has 2 rings (SSSR count). The molecule has 1 aliphatic carbocycles. The van der Waals surface area contributed by atoms with Gasteiger partial charge >= 0.3 is 0 Å². The Hall–Kier alpha value is -0.310. The first kappa shape index (κ1) is 13.1. The molecule has 1 unspecified atom stereocenters. The lowest BCUT2D eigenvalue weighted by atomic mass is 9.84. The van der Waals surface area contributed by atoms with Gasteiger partial charge < -0.3 is 5.73 Å². The Labute approximate surface area is 113 Å². The van der Waals surface area contributed by atoms with E-state index < -0.39 is 0 Å². The van der Waals surface area contributed by atoms with Gasteiger partial charge in [-0.1, -0.05) is 55.3 Å². The third kappa shape index (κ3) is 3.57. The lowest BCUT2D eigenvalue weighted by Crippen LogP contribution is -2.18. The third-order valence-corrected chi connectivity index (χ3v) is 4.01. The number of nitrogens with two attached hydrogens (primary N) is 1. The van der Waals surface area contributed by atoms with E-state index in [0.29, 0.717) is 10.0 Å². The number of hydrogen-bond donors (Lipinski definition) is 1. The van der Waals surface area contributed by atoms with Crippen LogP contribution in [0, 0.1) is 5.92 Å². The molecule has 1 aromatic rings. The Kier molecular flexibility index (Phi) is 4.66. The zero-order valence-electron chi connectivity index (χ0n) is 9.83. The van der Waals surface area contributed by atoms with Crippen molar-refractivity contribution in [2.45, 2.75) is 44.6 Å². The van der Waals surface area contributed by atoms with Gasteiger partial charge in [-0.25, -0.2) is 0 Å². The van der Waals surface area contributed by atoms with Crippen LogP contribution in [-0.4, -0.2) is 4.98 Å². The Bertz CT molecular complexity index is 376. The normalized spacial score (nSPS) is 19.2. The topological polar surface area (TPSA) is 38.9 Å². The second kappa shape index (κ2) is 6.03. The lowest BCUT2D eigenvalue weighted by molar-refractivity contribution is 0.317. The van der Waals surface area contributed by atoms with E-state index in [0.717, 1.165) is 18.0 Å². The Morgan fingerprint density at radius 3 is 2.65 bits per heavy atom. The highest BCUT2D eigenvalue weighted by molar-refractivity contribution is 6.34. The van der Waals surface area contributed by atoms with Crippen LogP contribution >= 0.6 is 23.2 Å². The van der Waals surface area contributed by atoms with Crippen LogP contribution in [0.4, 0.5) is 0 Å². The van der Waals surface area contributed by atoms with E-state index in [-0.39, 0.29) is 6.04 Å². The minimum absolute atomic E-state index is 0.0668. The van der Waals surface area contributed by atoms with E-state index >= 15 is 0 Å². The molecule has 94 valence electrons. The van der Waals surface area contributed by atoms with Crippen molar-refractivity contribution in [3.63, 3.8) is 0 Å². The molecule has 0 radical (unpaired) electrons. The Morgan fingerprint density at radius 1 is 1.29 bits per heavy atom. The van der Waals surface area contributed by atoms with Crippen LogP contribution in [0.1, 0.15) is 50.3 Å². The molecule has 2 nitrogen and oxygen atoms in total. The van der Waals surface area contributed by atoms with Crippen LogP contribution in [0.15, 0.2) is 12.3 Å². The molecule has 0 aliphatic heterocycles. The molecule has 0 aromatic carbocycles. The summed E-state index contributed by atoms with van der Waals surface area (Å²) in [5.74, 6) is 0.729. The molecular weight excluding hydrogens is 255 g/mol. The van der Waals surface area contributed by atoms with Gasteiger partial charge in [0.15, 0.2) is 0 Å². The predicted octanol–water partition coefficient (Wildman–Crippen LogP) is 4.36. The number of pyridine rings is 1. The lowest BCUT2D eigenvalue weighted by Gasteiger charge is -2.24. The van der Waals surface area contributed by atoms with Crippen LogP contribution in [0.5, 0.6) is 0 Å². The first-order valence-corrected chi connectivity index (χ1v) is 6.99. The smallest absolute Gasteiger partial charge is 0.0758 e. The molecule has 0 amide bonds. The zero-order chi connectivity index (χ0) is 12.3. The summed E-state index contributed by atoms with van der Waals surface area (Å²) in [5, 5.41) is 1.14. The average molecular weight is 273 g/mol. The fourth-order valence-corrected chi connectivity index (χ4v) is 3.11. The summed E-state index contributed by atoms with van der Waals surface area (Å²) >= 11 is 11.9. The standard InChI is InChI=1S/C13H18Cl2N2/c14-10-7-11(15)13(17-8-10)12(16)6-9-4-2-1-3-5-9/h7-9,12H,1-6,16H2. The molecule has 1 heterocycles. The van der Waals surface area contributed by atoms with E-state index in [2.05, 4.69) is 4.98 Å². The SMILES string of the molecule is NC(CC1CCCCC1)c1ncc(Cl)cc1Cl. The van der Waals surface area contributed by atoms with Crippen molar-refractivity contribution in [3.05, 3.63) is 28.0 Å². The summed E-state index contributed by atoms with van der Waals surface area (Å²) in [6.07, 6.45) is 9.21. The zero-order valence-corrected chi connectivity index (χ0v) is 11.3. The number of rotatable bonds is 3. The maximum atomic E-state index is 6.19. The molecule has 0 saturated heterocycles. The maximum Gasteiger partial charge on any atom is 0.0758 e. The van der Waals surface area contributed by atoms with Gasteiger partial charge in [-0.3, -0.25) is 4.98 Å². The van der Waals surface area contributed by atoms with E-state index in [1.54, 1.807) is 12.3 Å². The van der Waals surface area contributed by atoms with E-state index in [1.165, 1.54) is 32.1 Å². The van der Waals surface area contributed by atoms with Crippen molar-refractivity contribution in [3.8, 4) is 0 Å². The van der Waals surface area contributed by atoms with Gasteiger partial charge in [0.1, 0.15) is 0 Å². The second-order valence-electron chi connectivity index (χ2n) is 4.87. The van der Waals surface area contributed by atoms with Crippen molar-refractivity contribution in [1.82, 2.24) is 4.98 Å². The summed E-state index contributed by atoms with van der Waals surface area (Å²) in [4.78, 5) is 4.25. The maximum absolute atomic E-state index is 6.19. The third-order valence-electron chi connectivity index (χ3n) is 3.50. The van der Waals surface area contributed by atoms with E-state index in [9.17, 15) is 0 Å². The minimum atomic E-state index is -0.0668. The van der Waals surface area contributed by atoms with Crippen LogP contribution < -0.4 is 5.73 Å². The van der Waals surface area contributed by atoms with Crippen molar-refractivity contribution < 1.29 is 0 Å². The molecule has 2 N–H and O–H groups in total. The summed E-state index contributed by atoms with van der Waals surface area (Å²) < 4.78 is 0. The quantitative estimate of drug-likeness (QED) is 0.888. The van der Waals surface area contributed by atoms with Gasteiger partial charge in [0.05, 0.1) is 15.7 Å². The summed E-state index contributed by atoms with van der Waals surface area (Å²) in [7, 11) is 0. The molecule has 1 saturated carbocycles. The van der Waals surface area contributed by atoms with Crippen LogP contribution in [-0.2, 0) is 0 Å². The van der Waals surface area contributed by atoms with Gasteiger partial charge in [0.25, 0.3) is 0 Å². The molecular formula is C13H18Cl2N2. The van der Waals surface area contributed by atoms with Crippen LogP contribution in [0.2, 0.25) is 10.0 Å². The van der Waals surface area contributed by atoms with Gasteiger partial charge in [-0.05, 0) is 18.4 Å². The summed E-state index contributed by atoms with van der Waals surface area (Å²) in [6, 6.07) is 1.65. The fraction of sp³-hybridized carbons (Fsp3) is 0.615. The van der Waals surface area contributed by atoms with Crippen molar-refractivity contribution in [2.24, 2.45) is 11.7 Å². The minimum Gasteiger partial charge on any atom is -0.323 e. The number of hydrogen-bond acceptors (Lipinski definition) is 2. The molecule has 4 heteroatoms. The highest BCUT2D eigenvalue weighted by atomic mass is 35.5. The summed E-state index contributed by atoms with van der Waals surface area (Å²) in [6.45, 7) is 0. The monoisotopic (exact) mass is 272 g/mol.